The third-order valence-electron chi connectivity index (χ3n) is 2.20. The smallest absolute Gasteiger partial charge is 0.251 e. The van der Waals surface area contributed by atoms with Crippen molar-refractivity contribution in [3.63, 3.8) is 0 Å². The van der Waals surface area contributed by atoms with Crippen LogP contribution in [0.15, 0.2) is 18.2 Å². The van der Waals surface area contributed by atoms with Gasteiger partial charge in [-0.25, -0.2) is 13.1 Å². The Bertz CT molecular complexity index is 557. The number of hydrogen-bond donors (Lipinski definition) is 3. The quantitative estimate of drug-likeness (QED) is 0.485. The fraction of sp³-hybridized carbons (Fsp3) is 0.364. The van der Waals surface area contributed by atoms with Gasteiger partial charge in [0.15, 0.2) is 0 Å². The minimum absolute atomic E-state index is 0.129. The first-order valence-corrected chi connectivity index (χ1v) is 7.38. The van der Waals surface area contributed by atoms with Gasteiger partial charge >= 0.3 is 0 Å². The second-order valence-corrected chi connectivity index (χ2v) is 5.75. The van der Waals surface area contributed by atoms with Crippen molar-refractivity contribution in [3.05, 3.63) is 23.8 Å². The van der Waals surface area contributed by atoms with Crippen LogP contribution in [0.5, 0.6) is 5.75 Å². The number of nitrogens with one attached hydrogen (secondary N) is 2. The Morgan fingerprint density at radius 1 is 1.32 bits per heavy atom. The molecule has 106 valence electrons. The maximum atomic E-state index is 11.8. The van der Waals surface area contributed by atoms with E-state index >= 15 is 0 Å². The van der Waals surface area contributed by atoms with Crippen LogP contribution in [0.4, 0.5) is 5.69 Å². The zero-order valence-electron chi connectivity index (χ0n) is 10.8. The molecule has 0 fully saturated rings. The van der Waals surface area contributed by atoms with Crippen LogP contribution in [0.3, 0.4) is 0 Å². The molecule has 0 aromatic heterocycles. The molecular formula is C11H17N3O4S. The van der Waals surface area contributed by atoms with Crippen molar-refractivity contribution in [2.24, 2.45) is 0 Å². The van der Waals surface area contributed by atoms with Gasteiger partial charge in [-0.05, 0) is 12.1 Å². The van der Waals surface area contributed by atoms with E-state index in [1.54, 1.807) is 12.1 Å². The standard InChI is InChI=1S/C11H17N3O4S/c1-18-10-6-8(5-9(12)7-10)11(15)13-3-4-14-19(2,16)17/h5-7,14H,3-4,12H2,1-2H3,(H,13,15). The number of hydrogen-bond acceptors (Lipinski definition) is 5. The van der Waals surface area contributed by atoms with E-state index in [4.69, 9.17) is 10.5 Å². The summed E-state index contributed by atoms with van der Waals surface area (Å²) in [6.45, 7) is 0.313. The SMILES string of the molecule is COc1cc(N)cc(C(=O)NCCNS(C)(=O)=O)c1. The largest absolute Gasteiger partial charge is 0.497 e. The third-order valence-corrected chi connectivity index (χ3v) is 2.93. The summed E-state index contributed by atoms with van der Waals surface area (Å²) in [5.74, 6) is 0.139. The molecule has 19 heavy (non-hydrogen) atoms. The van der Waals surface area contributed by atoms with Crippen molar-refractivity contribution in [2.75, 3.05) is 32.2 Å². The average molecular weight is 287 g/mol. The van der Waals surface area contributed by atoms with Crippen molar-refractivity contribution in [3.8, 4) is 5.75 Å². The number of methoxy groups -OCH3 is 1. The summed E-state index contributed by atoms with van der Waals surface area (Å²) >= 11 is 0. The van der Waals surface area contributed by atoms with Gasteiger partial charge in [-0.2, -0.15) is 0 Å². The molecule has 1 amide bonds. The van der Waals surface area contributed by atoms with Crippen LogP contribution in [-0.4, -0.2) is 40.8 Å². The molecule has 0 atom stereocenters. The lowest BCUT2D eigenvalue weighted by Crippen LogP contribution is -2.34. The van der Waals surface area contributed by atoms with Crippen molar-refractivity contribution in [2.45, 2.75) is 0 Å². The molecule has 0 aliphatic carbocycles. The van der Waals surface area contributed by atoms with Gasteiger partial charge in [0.05, 0.1) is 13.4 Å². The fourth-order valence-corrected chi connectivity index (χ4v) is 1.86. The predicted octanol–water partition coefficient (Wildman–Crippen LogP) is -0.444. The number of sulfonamides is 1. The number of carbonyl (C=O) groups excluding carboxylic acids is 1. The summed E-state index contributed by atoms with van der Waals surface area (Å²) in [6.07, 6.45) is 1.05. The van der Waals surface area contributed by atoms with Crippen molar-refractivity contribution in [1.82, 2.24) is 10.0 Å². The van der Waals surface area contributed by atoms with Crippen molar-refractivity contribution >= 4 is 21.6 Å². The number of ether oxygens (including phenoxy) is 1. The summed E-state index contributed by atoms with van der Waals surface area (Å²) in [7, 11) is -1.77. The topological polar surface area (TPSA) is 111 Å². The van der Waals surface area contributed by atoms with E-state index in [9.17, 15) is 13.2 Å². The number of amides is 1. The summed E-state index contributed by atoms with van der Waals surface area (Å²) in [6, 6.07) is 4.67. The monoisotopic (exact) mass is 287 g/mol. The number of carbonyl (C=O) groups is 1. The molecule has 4 N–H and O–H groups in total. The molecule has 0 saturated carbocycles. The normalized spacial score (nSPS) is 11.1. The number of rotatable bonds is 6. The van der Waals surface area contributed by atoms with E-state index in [1.165, 1.54) is 13.2 Å². The average Bonchev–Trinajstić information content (AvgIpc) is 2.32. The first kappa shape index (κ1) is 15.3. The van der Waals surface area contributed by atoms with Crippen LogP contribution >= 0.6 is 0 Å². The molecule has 0 saturated heterocycles. The van der Waals surface area contributed by atoms with E-state index in [2.05, 4.69) is 10.0 Å². The summed E-state index contributed by atoms with van der Waals surface area (Å²) < 4.78 is 28.9. The minimum atomic E-state index is -3.25. The lowest BCUT2D eigenvalue weighted by molar-refractivity contribution is 0.0954. The molecule has 0 unspecified atom stereocenters. The van der Waals surface area contributed by atoms with E-state index in [1.807, 2.05) is 0 Å². The van der Waals surface area contributed by atoms with Crippen LogP contribution in [-0.2, 0) is 10.0 Å². The Hall–Kier alpha value is -1.80. The number of anilines is 1. The van der Waals surface area contributed by atoms with Crippen LogP contribution < -0.4 is 20.5 Å². The highest BCUT2D eigenvalue weighted by Crippen LogP contribution is 2.18. The third kappa shape index (κ3) is 5.58. The van der Waals surface area contributed by atoms with Gasteiger partial charge in [0.2, 0.25) is 10.0 Å². The molecule has 0 bridgehead atoms. The number of benzene rings is 1. The summed E-state index contributed by atoms with van der Waals surface area (Å²) in [4.78, 5) is 11.8. The molecule has 0 heterocycles. The van der Waals surface area contributed by atoms with Gasteiger partial charge < -0.3 is 15.8 Å². The predicted molar refractivity (Wildman–Crippen MR) is 72.6 cm³/mol. The molecule has 1 aromatic carbocycles. The molecule has 0 aliphatic rings. The van der Waals surface area contributed by atoms with Gasteiger partial charge in [-0.1, -0.05) is 0 Å². The van der Waals surface area contributed by atoms with Gasteiger partial charge in [-0.15, -0.1) is 0 Å². The second kappa shape index (κ2) is 6.39. The Morgan fingerprint density at radius 2 is 2.00 bits per heavy atom. The fourth-order valence-electron chi connectivity index (χ4n) is 1.39. The number of nitrogens with two attached hydrogens (primary N) is 1. The molecule has 8 heteroatoms. The first-order chi connectivity index (χ1) is 8.81. The molecular weight excluding hydrogens is 270 g/mol. The zero-order valence-corrected chi connectivity index (χ0v) is 11.6. The maximum absolute atomic E-state index is 11.8. The van der Waals surface area contributed by atoms with Crippen LogP contribution in [0, 0.1) is 0 Å². The highest BCUT2D eigenvalue weighted by molar-refractivity contribution is 7.88. The van der Waals surface area contributed by atoms with E-state index in [-0.39, 0.29) is 19.0 Å². The van der Waals surface area contributed by atoms with E-state index < -0.39 is 10.0 Å². The van der Waals surface area contributed by atoms with Gasteiger partial charge in [0, 0.05) is 30.4 Å². The van der Waals surface area contributed by atoms with Crippen molar-refractivity contribution in [1.29, 1.82) is 0 Å². The van der Waals surface area contributed by atoms with Crippen LogP contribution in [0.25, 0.3) is 0 Å². The Morgan fingerprint density at radius 3 is 2.58 bits per heavy atom. The first-order valence-electron chi connectivity index (χ1n) is 5.49. The zero-order chi connectivity index (χ0) is 14.5. The van der Waals surface area contributed by atoms with E-state index in [0.717, 1.165) is 6.26 Å². The highest BCUT2D eigenvalue weighted by atomic mass is 32.2. The Labute approximate surface area is 112 Å². The lowest BCUT2D eigenvalue weighted by Gasteiger charge is -2.08. The van der Waals surface area contributed by atoms with Gasteiger partial charge in [0.1, 0.15) is 5.75 Å². The Balaban J connectivity index is 2.56. The summed E-state index contributed by atoms with van der Waals surface area (Å²) in [5, 5.41) is 2.57. The maximum Gasteiger partial charge on any atom is 0.251 e. The van der Waals surface area contributed by atoms with Crippen LogP contribution in [0.1, 0.15) is 10.4 Å². The minimum Gasteiger partial charge on any atom is -0.497 e. The Kier molecular flexibility index (Phi) is 5.13. The molecule has 1 rings (SSSR count). The van der Waals surface area contributed by atoms with Crippen LogP contribution in [0.2, 0.25) is 0 Å². The molecule has 1 aromatic rings. The molecule has 7 nitrogen and oxygen atoms in total. The van der Waals surface area contributed by atoms with Gasteiger partial charge in [0.25, 0.3) is 5.91 Å². The lowest BCUT2D eigenvalue weighted by atomic mass is 10.2. The summed E-state index contributed by atoms with van der Waals surface area (Å²) in [5.41, 5.74) is 6.41. The molecule has 0 radical (unpaired) electrons. The van der Waals surface area contributed by atoms with Gasteiger partial charge in [-0.3, -0.25) is 4.79 Å². The molecule has 0 aliphatic heterocycles. The number of nitrogen functional groups attached to an aromatic ring is 1. The van der Waals surface area contributed by atoms with E-state index in [0.29, 0.717) is 17.0 Å². The second-order valence-electron chi connectivity index (χ2n) is 3.92. The highest BCUT2D eigenvalue weighted by Gasteiger charge is 2.08. The molecule has 0 spiro atoms. The van der Waals surface area contributed by atoms with Crippen molar-refractivity contribution < 1.29 is 17.9 Å².